The fourth-order valence-corrected chi connectivity index (χ4v) is 6.58. The summed E-state index contributed by atoms with van der Waals surface area (Å²) in [5, 5.41) is 3.93. The van der Waals surface area contributed by atoms with Gasteiger partial charge < -0.3 is 19.4 Å². The van der Waals surface area contributed by atoms with E-state index in [4.69, 9.17) is 9.47 Å². The Hall–Kier alpha value is -2.83. The van der Waals surface area contributed by atoms with Crippen LogP contribution in [0.3, 0.4) is 0 Å². The van der Waals surface area contributed by atoms with E-state index in [1.54, 1.807) is 10.8 Å². The number of hydrogen-bond donors (Lipinski definition) is 1. The maximum atomic E-state index is 12.6. The summed E-state index contributed by atoms with van der Waals surface area (Å²) in [5.74, 6) is 1.01. The van der Waals surface area contributed by atoms with Crippen molar-refractivity contribution in [3.63, 3.8) is 0 Å². The largest absolute Gasteiger partial charge is 0.465 e. The molecule has 4 fully saturated rings. The molecule has 7 heteroatoms. The quantitative estimate of drug-likeness (QED) is 0.721. The lowest BCUT2D eigenvalue weighted by atomic mass is 9.53. The smallest absolute Gasteiger partial charge is 0.340 e. The number of esters is 2. The molecule has 1 aromatic heterocycles. The molecule has 4 aliphatic carbocycles. The molecule has 0 aliphatic heterocycles. The first-order valence-corrected chi connectivity index (χ1v) is 11.1. The van der Waals surface area contributed by atoms with E-state index in [1.807, 2.05) is 24.3 Å². The molecule has 1 heterocycles. The first kappa shape index (κ1) is 20.1. The standard InChI is InChI=1S/C24H28N2O5/c1-30-23(29)19-12-26(20-5-3-2-4-18(19)20)13-22(28)31-14-21(27)25-24-9-15-6-16(10-24)8-17(7-15)11-24/h2-5,12,15-17H,6-11,13-14H2,1H3,(H,25,27). The van der Waals surface area contributed by atoms with Crippen LogP contribution in [-0.2, 0) is 25.6 Å². The minimum atomic E-state index is -0.516. The highest BCUT2D eigenvalue weighted by molar-refractivity contribution is 6.04. The van der Waals surface area contributed by atoms with Gasteiger partial charge in [0.25, 0.3) is 5.91 Å². The number of methoxy groups -OCH3 is 1. The number of nitrogens with one attached hydrogen (secondary N) is 1. The second-order valence-corrected chi connectivity index (χ2v) is 9.59. The topological polar surface area (TPSA) is 86.6 Å². The van der Waals surface area contributed by atoms with Crippen molar-refractivity contribution in [2.45, 2.75) is 50.6 Å². The van der Waals surface area contributed by atoms with Gasteiger partial charge in [-0.05, 0) is 62.3 Å². The van der Waals surface area contributed by atoms with Crippen LogP contribution in [0.25, 0.3) is 10.9 Å². The van der Waals surface area contributed by atoms with E-state index < -0.39 is 11.9 Å². The Kier molecular flexibility index (Phi) is 4.99. The maximum Gasteiger partial charge on any atom is 0.340 e. The van der Waals surface area contributed by atoms with E-state index >= 15 is 0 Å². The van der Waals surface area contributed by atoms with Gasteiger partial charge in [0.1, 0.15) is 6.54 Å². The van der Waals surface area contributed by atoms with Crippen molar-refractivity contribution in [2.24, 2.45) is 17.8 Å². The number of ether oxygens (including phenoxy) is 2. The van der Waals surface area contributed by atoms with E-state index in [1.165, 1.54) is 26.4 Å². The van der Waals surface area contributed by atoms with E-state index in [9.17, 15) is 14.4 Å². The fourth-order valence-electron chi connectivity index (χ4n) is 6.58. The molecule has 1 aromatic carbocycles. The van der Waals surface area contributed by atoms with Gasteiger partial charge in [-0.15, -0.1) is 0 Å². The summed E-state index contributed by atoms with van der Waals surface area (Å²) >= 11 is 0. The molecule has 6 rings (SSSR count). The number of rotatable bonds is 6. The zero-order valence-corrected chi connectivity index (χ0v) is 17.8. The van der Waals surface area contributed by atoms with Crippen LogP contribution < -0.4 is 5.32 Å². The molecule has 0 saturated heterocycles. The molecule has 2 aromatic rings. The Bertz CT molecular complexity index is 1000. The molecule has 1 N–H and O–H groups in total. The van der Waals surface area contributed by atoms with Gasteiger partial charge in [-0.1, -0.05) is 18.2 Å². The number of fused-ring (bicyclic) bond motifs is 1. The highest BCUT2D eigenvalue weighted by Crippen LogP contribution is 2.55. The summed E-state index contributed by atoms with van der Waals surface area (Å²) in [5.41, 5.74) is 1.04. The Balaban J connectivity index is 1.20. The van der Waals surface area contributed by atoms with Gasteiger partial charge in [-0.25, -0.2) is 4.79 Å². The lowest BCUT2D eigenvalue weighted by Gasteiger charge is -2.56. The molecule has 0 spiro atoms. The summed E-state index contributed by atoms with van der Waals surface area (Å²) < 4.78 is 11.8. The van der Waals surface area contributed by atoms with Gasteiger partial charge in [-0.2, -0.15) is 0 Å². The molecule has 4 bridgehead atoms. The summed E-state index contributed by atoms with van der Waals surface area (Å²) in [6, 6.07) is 7.30. The third kappa shape index (κ3) is 3.82. The van der Waals surface area contributed by atoms with Crippen molar-refractivity contribution >= 4 is 28.7 Å². The summed E-state index contributed by atoms with van der Waals surface area (Å²) in [6.45, 7) is -0.355. The van der Waals surface area contributed by atoms with E-state index in [0.717, 1.165) is 42.5 Å². The van der Waals surface area contributed by atoms with Gasteiger partial charge in [0.15, 0.2) is 6.61 Å². The maximum absolute atomic E-state index is 12.6. The lowest BCUT2D eigenvalue weighted by molar-refractivity contribution is -0.150. The number of carbonyl (C=O) groups is 3. The van der Waals surface area contributed by atoms with E-state index in [-0.39, 0.29) is 24.6 Å². The Morgan fingerprint density at radius 1 is 1.06 bits per heavy atom. The summed E-state index contributed by atoms with van der Waals surface area (Å²) in [7, 11) is 1.32. The minimum Gasteiger partial charge on any atom is -0.465 e. The molecule has 7 nitrogen and oxygen atoms in total. The zero-order chi connectivity index (χ0) is 21.6. The van der Waals surface area contributed by atoms with Crippen LogP contribution in [0.4, 0.5) is 0 Å². The van der Waals surface area contributed by atoms with Crippen molar-refractivity contribution in [1.82, 2.24) is 9.88 Å². The number of amides is 1. The first-order chi connectivity index (χ1) is 14.9. The molecule has 31 heavy (non-hydrogen) atoms. The van der Waals surface area contributed by atoms with Gasteiger partial charge in [0, 0.05) is 22.6 Å². The average molecular weight is 424 g/mol. The normalized spacial score (nSPS) is 28.5. The Morgan fingerprint density at radius 3 is 2.35 bits per heavy atom. The van der Waals surface area contributed by atoms with Crippen LogP contribution in [0, 0.1) is 17.8 Å². The van der Waals surface area contributed by atoms with Gasteiger partial charge >= 0.3 is 11.9 Å². The second kappa shape index (κ2) is 7.70. The van der Waals surface area contributed by atoms with E-state index in [2.05, 4.69) is 5.32 Å². The van der Waals surface area contributed by atoms with Crippen molar-refractivity contribution in [2.75, 3.05) is 13.7 Å². The highest BCUT2D eigenvalue weighted by Gasteiger charge is 2.51. The molecular formula is C24H28N2O5. The Labute approximate surface area is 181 Å². The average Bonchev–Trinajstić information content (AvgIpc) is 3.09. The third-order valence-electron chi connectivity index (χ3n) is 7.30. The van der Waals surface area contributed by atoms with Gasteiger partial charge in [0.05, 0.1) is 12.7 Å². The van der Waals surface area contributed by atoms with Crippen molar-refractivity contribution in [3.8, 4) is 0 Å². The van der Waals surface area contributed by atoms with Gasteiger partial charge in [-0.3, -0.25) is 9.59 Å². The number of carbonyl (C=O) groups excluding carboxylic acids is 3. The van der Waals surface area contributed by atoms with Gasteiger partial charge in [0.2, 0.25) is 0 Å². The van der Waals surface area contributed by atoms with Crippen molar-refractivity contribution in [3.05, 3.63) is 36.0 Å². The fraction of sp³-hybridized carbons (Fsp3) is 0.542. The number of para-hydroxylation sites is 1. The van der Waals surface area contributed by atoms with Crippen molar-refractivity contribution in [1.29, 1.82) is 0 Å². The predicted octanol–water partition coefficient (Wildman–Crippen LogP) is 3.06. The summed E-state index contributed by atoms with van der Waals surface area (Å²) in [6.07, 6.45) is 8.69. The lowest BCUT2D eigenvalue weighted by Crippen LogP contribution is -2.60. The number of nitrogens with zero attached hydrogens (tertiary/aromatic N) is 1. The van der Waals surface area contributed by atoms with Crippen molar-refractivity contribution < 1.29 is 23.9 Å². The minimum absolute atomic E-state index is 0.0812. The molecule has 4 aliphatic rings. The Morgan fingerprint density at radius 2 is 1.71 bits per heavy atom. The van der Waals surface area contributed by atoms with E-state index in [0.29, 0.717) is 10.9 Å². The molecular weight excluding hydrogens is 396 g/mol. The monoisotopic (exact) mass is 424 g/mol. The number of aromatic nitrogens is 1. The first-order valence-electron chi connectivity index (χ1n) is 11.1. The van der Waals surface area contributed by atoms with Crippen LogP contribution in [0.1, 0.15) is 48.9 Å². The van der Waals surface area contributed by atoms with Crippen LogP contribution >= 0.6 is 0 Å². The molecule has 0 atom stereocenters. The number of benzene rings is 1. The predicted molar refractivity (Wildman–Crippen MR) is 113 cm³/mol. The molecule has 0 unspecified atom stereocenters. The van der Waals surface area contributed by atoms with Crippen LogP contribution in [0.2, 0.25) is 0 Å². The van der Waals surface area contributed by atoms with Crippen LogP contribution in [0.5, 0.6) is 0 Å². The number of hydrogen-bond acceptors (Lipinski definition) is 5. The molecule has 4 saturated carbocycles. The zero-order valence-electron chi connectivity index (χ0n) is 17.8. The molecule has 0 radical (unpaired) electrons. The summed E-state index contributed by atoms with van der Waals surface area (Å²) in [4.78, 5) is 37.0. The molecule has 1 amide bonds. The highest BCUT2D eigenvalue weighted by atomic mass is 16.5. The second-order valence-electron chi connectivity index (χ2n) is 9.59. The third-order valence-corrected chi connectivity index (χ3v) is 7.30. The van der Waals surface area contributed by atoms with Crippen LogP contribution in [0.15, 0.2) is 30.5 Å². The van der Waals surface area contributed by atoms with Crippen LogP contribution in [-0.4, -0.2) is 41.7 Å². The SMILES string of the molecule is COC(=O)c1cn(CC(=O)OCC(=O)NC23CC4CC(CC(C4)C2)C3)c2ccccc12. The molecule has 164 valence electrons.